The molecule has 1 rings (SSSR count). The Morgan fingerprint density at radius 1 is 1.16 bits per heavy atom. The van der Waals surface area contributed by atoms with E-state index in [-0.39, 0.29) is 0 Å². The molecule has 0 amide bonds. The summed E-state index contributed by atoms with van der Waals surface area (Å²) < 4.78 is 0. The second kappa shape index (κ2) is 7.18. The third kappa shape index (κ3) is 5.78. The van der Waals surface area contributed by atoms with Crippen molar-refractivity contribution in [2.75, 3.05) is 0 Å². The van der Waals surface area contributed by atoms with Gasteiger partial charge in [-0.15, -0.1) is 0 Å². The van der Waals surface area contributed by atoms with Gasteiger partial charge in [-0.2, -0.15) is 0 Å². The second-order valence-corrected chi connectivity index (χ2v) is 6.17. The normalized spacial score (nSPS) is 11.8. The summed E-state index contributed by atoms with van der Waals surface area (Å²) in [4.78, 5) is 2.12. The molecule has 0 radical (unpaired) electrons. The molecule has 0 unspecified atom stereocenters. The topological polar surface area (TPSA) is 3.24 Å². The summed E-state index contributed by atoms with van der Waals surface area (Å²) in [6.45, 7) is 13.7. The van der Waals surface area contributed by atoms with Crippen LogP contribution in [-0.2, 0) is 13.0 Å². The lowest BCUT2D eigenvalue weighted by atomic mass is 9.87. The van der Waals surface area contributed by atoms with Crippen molar-refractivity contribution >= 4 is 0 Å². The van der Waals surface area contributed by atoms with Crippen LogP contribution >= 0.6 is 0 Å². The van der Waals surface area contributed by atoms with Crippen LogP contribution in [0, 0.1) is 5.41 Å². The molecule has 1 nitrogen and oxygen atoms in total. The molecule has 1 heteroatoms. The molecule has 19 heavy (non-hydrogen) atoms. The minimum Gasteiger partial charge on any atom is -0.351 e. The predicted molar refractivity (Wildman–Crippen MR) is 84.8 cm³/mol. The number of aryl methyl sites for hydroxylation is 1. The zero-order valence-corrected chi connectivity index (χ0v) is 12.8. The Balaban J connectivity index is 2.80. The largest absolute Gasteiger partial charge is 0.351 e. The van der Waals surface area contributed by atoms with E-state index in [2.05, 4.69) is 62.7 Å². The van der Waals surface area contributed by atoms with E-state index in [4.69, 9.17) is 0 Å². The number of hydrogen-bond acceptors (Lipinski definition) is 1. The quantitative estimate of drug-likeness (QED) is 0.681. The van der Waals surface area contributed by atoms with E-state index >= 15 is 0 Å². The van der Waals surface area contributed by atoms with E-state index in [0.717, 1.165) is 13.0 Å². The molecule has 0 fully saturated rings. The monoisotopic (exact) mass is 257 g/mol. The van der Waals surface area contributed by atoms with Gasteiger partial charge in [0.2, 0.25) is 0 Å². The Morgan fingerprint density at radius 3 is 2.32 bits per heavy atom. The van der Waals surface area contributed by atoms with Crippen LogP contribution in [0.5, 0.6) is 0 Å². The zero-order valence-electron chi connectivity index (χ0n) is 12.8. The van der Waals surface area contributed by atoms with E-state index in [1.54, 1.807) is 0 Å². The first-order valence-electron chi connectivity index (χ1n) is 7.04. The molecule has 0 saturated heterocycles. The molecule has 0 aromatic heterocycles. The van der Waals surface area contributed by atoms with Gasteiger partial charge < -0.3 is 4.90 Å². The fourth-order valence-corrected chi connectivity index (χ4v) is 2.03. The summed E-state index contributed by atoms with van der Waals surface area (Å²) >= 11 is 0. The number of nitrogens with zero attached hydrogens (tertiary/aromatic N) is 1. The van der Waals surface area contributed by atoms with Gasteiger partial charge in [-0.25, -0.2) is 0 Å². The van der Waals surface area contributed by atoms with Gasteiger partial charge in [0, 0.05) is 6.54 Å². The lowest BCUT2D eigenvalue weighted by Gasteiger charge is -2.21. The molecule has 104 valence electrons. The van der Waals surface area contributed by atoms with Crippen LogP contribution in [0.3, 0.4) is 0 Å². The summed E-state index contributed by atoms with van der Waals surface area (Å²) in [5, 5.41) is 0. The average Bonchev–Trinajstić information content (AvgIpc) is 2.36. The van der Waals surface area contributed by atoms with Crippen molar-refractivity contribution < 1.29 is 0 Å². The van der Waals surface area contributed by atoms with Gasteiger partial charge in [0.25, 0.3) is 0 Å². The summed E-state index contributed by atoms with van der Waals surface area (Å²) in [5.74, 6) is 0. The summed E-state index contributed by atoms with van der Waals surface area (Å²) in [5.41, 5.74) is 3.23. The van der Waals surface area contributed by atoms with Crippen LogP contribution < -0.4 is 0 Å². The van der Waals surface area contributed by atoms with Gasteiger partial charge in [0.05, 0.1) is 0 Å². The highest BCUT2D eigenvalue weighted by Gasteiger charge is 2.12. The minimum atomic E-state index is 0.383. The van der Waals surface area contributed by atoms with Gasteiger partial charge in [0.1, 0.15) is 0 Å². The minimum absolute atomic E-state index is 0.383. The van der Waals surface area contributed by atoms with Crippen molar-refractivity contribution in [3.8, 4) is 0 Å². The smallest absolute Gasteiger partial charge is 0.0472 e. The maximum absolute atomic E-state index is 3.87. The number of hydrogen-bond donors (Lipinski definition) is 0. The highest BCUT2D eigenvalue weighted by Crippen LogP contribution is 2.23. The fourth-order valence-electron chi connectivity index (χ4n) is 2.03. The molecule has 0 aliphatic carbocycles. The van der Waals surface area contributed by atoms with Crippen LogP contribution in [-0.4, -0.2) is 4.90 Å². The maximum atomic E-state index is 3.87. The van der Waals surface area contributed by atoms with Crippen molar-refractivity contribution in [1.29, 1.82) is 0 Å². The molecule has 0 bridgehead atoms. The molecule has 0 N–H and O–H groups in total. The maximum Gasteiger partial charge on any atom is 0.0472 e. The third-order valence-electron chi connectivity index (χ3n) is 3.19. The van der Waals surface area contributed by atoms with Gasteiger partial charge in [-0.3, -0.25) is 0 Å². The molecule has 0 spiro atoms. The van der Waals surface area contributed by atoms with Crippen molar-refractivity contribution in [2.24, 2.45) is 5.41 Å². The van der Waals surface area contributed by atoms with Gasteiger partial charge in [-0.1, -0.05) is 57.7 Å². The van der Waals surface area contributed by atoms with Gasteiger partial charge in [0.15, 0.2) is 0 Å². The van der Waals surface area contributed by atoms with E-state index in [1.807, 2.05) is 19.2 Å². The average molecular weight is 257 g/mol. The number of rotatable bonds is 6. The zero-order chi connectivity index (χ0) is 14.3. The fraction of sp³-hybridized carbons (Fsp3) is 0.444. The molecular weight excluding hydrogens is 230 g/mol. The molecule has 0 aliphatic rings. The first kappa shape index (κ1) is 15.6. The first-order valence-corrected chi connectivity index (χ1v) is 7.04. The number of allylic oxidation sites excluding steroid dienone is 1. The van der Waals surface area contributed by atoms with Crippen molar-refractivity contribution in [3.63, 3.8) is 0 Å². The first-order chi connectivity index (χ1) is 8.96. The van der Waals surface area contributed by atoms with Gasteiger partial charge in [-0.05, 0) is 48.7 Å². The summed E-state index contributed by atoms with van der Waals surface area (Å²) in [7, 11) is 0. The molecule has 0 atom stereocenters. The van der Waals surface area contributed by atoms with Crippen LogP contribution in [0.2, 0.25) is 0 Å². The van der Waals surface area contributed by atoms with Gasteiger partial charge >= 0.3 is 0 Å². The van der Waals surface area contributed by atoms with Crippen LogP contribution in [0.1, 0.15) is 45.2 Å². The van der Waals surface area contributed by atoms with E-state index in [1.165, 1.54) is 17.5 Å². The van der Waals surface area contributed by atoms with Crippen LogP contribution in [0.4, 0.5) is 0 Å². The molecular formula is C18H27N. The van der Waals surface area contributed by atoms with E-state index in [0.29, 0.717) is 5.41 Å². The van der Waals surface area contributed by atoms with Crippen molar-refractivity contribution in [2.45, 2.75) is 47.1 Å². The Hall–Kier alpha value is -1.50. The van der Waals surface area contributed by atoms with Crippen LogP contribution in [0.15, 0.2) is 49.3 Å². The predicted octanol–water partition coefficient (Wildman–Crippen LogP) is 5.14. The Labute approximate surface area is 118 Å². The highest BCUT2D eigenvalue weighted by atomic mass is 15.1. The van der Waals surface area contributed by atoms with Crippen molar-refractivity contribution in [1.82, 2.24) is 4.90 Å². The third-order valence-corrected chi connectivity index (χ3v) is 3.19. The van der Waals surface area contributed by atoms with Crippen LogP contribution in [0.25, 0.3) is 0 Å². The van der Waals surface area contributed by atoms with E-state index < -0.39 is 0 Å². The molecule has 0 aliphatic heterocycles. The summed E-state index contributed by atoms with van der Waals surface area (Å²) in [6, 6.07) is 8.72. The Morgan fingerprint density at radius 2 is 1.79 bits per heavy atom. The Kier molecular flexibility index (Phi) is 5.88. The molecule has 0 saturated carbocycles. The lowest BCUT2D eigenvalue weighted by molar-refractivity contribution is 0.377. The Bertz CT molecular complexity index is 424. The molecule has 1 aromatic rings. The highest BCUT2D eigenvalue weighted by molar-refractivity contribution is 5.27. The van der Waals surface area contributed by atoms with Crippen molar-refractivity contribution in [3.05, 3.63) is 60.4 Å². The van der Waals surface area contributed by atoms with E-state index in [9.17, 15) is 0 Å². The lowest BCUT2D eigenvalue weighted by Crippen LogP contribution is -2.12. The molecule has 0 heterocycles. The molecule has 1 aromatic carbocycles. The number of benzene rings is 1. The standard InChI is InChI=1S/C18H27N/c1-6-14-19(7-2)15-17-11-9-8-10-16(17)12-13-18(3,4)5/h6-11,14H,2,12-13,15H2,1,3-5H3/b14-6-. The summed E-state index contributed by atoms with van der Waals surface area (Å²) in [6.07, 6.45) is 8.33. The SMILES string of the molecule is C=CN(/C=C\C)Cc1ccccc1CCC(C)(C)C. The second-order valence-electron chi connectivity index (χ2n) is 6.17.